The van der Waals surface area contributed by atoms with E-state index in [0.29, 0.717) is 0 Å². The zero-order valence-electron chi connectivity index (χ0n) is 7.71. The van der Waals surface area contributed by atoms with Crippen molar-refractivity contribution in [1.29, 1.82) is 0 Å². The minimum Gasteiger partial charge on any atom is -0.394 e. The molecule has 66 valence electrons. The van der Waals surface area contributed by atoms with Gasteiger partial charge in [-0.3, -0.25) is 0 Å². The smallest absolute Gasteiger partial charge is 0.183 e. The van der Waals surface area contributed by atoms with Gasteiger partial charge in [-0.15, -0.1) is 0 Å². The second-order valence-corrected chi connectivity index (χ2v) is 2.30. The van der Waals surface area contributed by atoms with Crippen LogP contribution in [0.3, 0.4) is 0 Å². The molecule has 1 aliphatic heterocycles. The van der Waals surface area contributed by atoms with E-state index in [1.807, 2.05) is 0 Å². The number of hydrogen-bond donors (Lipinski definition) is 4. The molecule has 1 rings (SSSR count). The monoisotopic (exact) mass is 167 g/mol. The molecule has 1 unspecified atom stereocenters. The van der Waals surface area contributed by atoms with Crippen LogP contribution >= 0.6 is 0 Å². The molecule has 11 heavy (non-hydrogen) atoms. The van der Waals surface area contributed by atoms with Gasteiger partial charge in [-0.25, -0.2) is 0 Å². The molecule has 0 radical (unpaired) electrons. The third-order valence-electron chi connectivity index (χ3n) is 1.44. The highest BCUT2D eigenvalue weighted by Crippen LogP contribution is 2.17. The van der Waals surface area contributed by atoms with Gasteiger partial charge in [-0.05, 0) is 0 Å². The van der Waals surface area contributed by atoms with Crippen molar-refractivity contribution in [3.8, 4) is 0 Å². The van der Waals surface area contributed by atoms with Crippen LogP contribution < -0.4 is 0 Å². The molecule has 5 nitrogen and oxygen atoms in total. The predicted octanol–water partition coefficient (Wildman–Crippen LogP) is -2.19. The lowest BCUT2D eigenvalue weighted by Crippen LogP contribution is -2.49. The summed E-state index contributed by atoms with van der Waals surface area (Å²) in [5.41, 5.74) is 0. The molecule has 1 heterocycles. The van der Waals surface area contributed by atoms with Gasteiger partial charge in [0.2, 0.25) is 0 Å². The van der Waals surface area contributed by atoms with Crippen molar-refractivity contribution in [3.05, 3.63) is 0 Å². The Bertz CT molecular complexity index is 184. The molecule has 0 amide bonds. The molecule has 1 aliphatic rings. The highest BCUT2D eigenvalue weighted by atomic mass is 16.6. The zero-order valence-corrected chi connectivity index (χ0v) is 5.71. The second-order valence-electron chi connectivity index (χ2n) is 2.30. The molecule has 1 fully saturated rings. The Balaban J connectivity index is 2.82. The molecule has 0 aromatic heterocycles. The summed E-state index contributed by atoms with van der Waals surface area (Å²) in [5, 5.41) is 35.9. The summed E-state index contributed by atoms with van der Waals surface area (Å²) in [6.45, 7) is -0.673. The fourth-order valence-corrected chi connectivity index (χ4v) is 0.829. The number of aliphatic hydroxyl groups excluding tert-OH is 4. The topological polar surface area (TPSA) is 90.2 Å². The Hall–Kier alpha value is -0.200. The summed E-state index contributed by atoms with van der Waals surface area (Å²) in [4.78, 5) is 0. The van der Waals surface area contributed by atoms with Crippen molar-refractivity contribution in [3.63, 3.8) is 0 Å². The molecule has 0 bridgehead atoms. The van der Waals surface area contributed by atoms with Crippen LogP contribution in [0, 0.1) is 0 Å². The fraction of sp³-hybridized carbons (Fsp3) is 1.00. The summed E-state index contributed by atoms with van der Waals surface area (Å²) < 4.78 is 19.1. The van der Waals surface area contributed by atoms with Gasteiger partial charge in [0.15, 0.2) is 6.29 Å². The maximum atomic E-state index is 9.20. The molecular formula is C6H12O5. The lowest BCUT2D eigenvalue weighted by atomic mass is 10.2. The zero-order chi connectivity index (χ0) is 10.2. The highest BCUT2D eigenvalue weighted by Gasteiger charge is 2.34. The van der Waals surface area contributed by atoms with E-state index in [-0.39, 0.29) is 0 Å². The van der Waals surface area contributed by atoms with Gasteiger partial charge >= 0.3 is 0 Å². The Morgan fingerprint density at radius 2 is 2.09 bits per heavy atom. The Morgan fingerprint density at radius 1 is 1.45 bits per heavy atom. The average Bonchev–Trinajstić information content (AvgIpc) is 2.08. The molecule has 4 N–H and O–H groups in total. The van der Waals surface area contributed by atoms with E-state index in [0.717, 1.165) is 0 Å². The molecule has 5 heteroatoms. The van der Waals surface area contributed by atoms with E-state index in [1.54, 1.807) is 0 Å². The minimum absolute atomic E-state index is 0.673. The van der Waals surface area contributed by atoms with Gasteiger partial charge in [0, 0.05) is 9.11 Å². The predicted molar refractivity (Wildman–Crippen MR) is 34.6 cm³/mol. The summed E-state index contributed by atoms with van der Waals surface area (Å²) in [7, 11) is 0. The van der Waals surface area contributed by atoms with E-state index in [1.165, 1.54) is 0 Å². The number of hydrogen-bond acceptors (Lipinski definition) is 5. The minimum atomic E-state index is -2.27. The third kappa shape index (κ3) is 1.88. The molecule has 0 aromatic rings. The number of aliphatic hydroxyl groups is 4. The fourth-order valence-electron chi connectivity index (χ4n) is 0.829. The second kappa shape index (κ2) is 3.46. The molecule has 4 atom stereocenters. The molecule has 0 aromatic carbocycles. The largest absolute Gasteiger partial charge is 0.394 e. The van der Waals surface area contributed by atoms with Gasteiger partial charge in [-0.2, -0.15) is 0 Å². The first-order chi connectivity index (χ1) is 5.91. The lowest BCUT2D eigenvalue weighted by Gasteiger charge is -2.33. The van der Waals surface area contributed by atoms with Gasteiger partial charge in [0.1, 0.15) is 6.10 Å². The van der Waals surface area contributed by atoms with Crippen LogP contribution in [0.1, 0.15) is 9.11 Å². The van der Waals surface area contributed by atoms with Crippen LogP contribution in [-0.2, 0) is 4.74 Å². The van der Waals surface area contributed by atoms with Crippen molar-refractivity contribution in [1.82, 2.24) is 0 Å². The van der Waals surface area contributed by atoms with Crippen LogP contribution in [0.25, 0.3) is 0 Å². The highest BCUT2D eigenvalue weighted by molar-refractivity contribution is 4.79. The third-order valence-corrected chi connectivity index (χ3v) is 1.44. The first-order valence-electron chi connectivity index (χ1n) is 4.21. The molecule has 1 saturated heterocycles. The normalized spacial score (nSPS) is 53.1. The van der Waals surface area contributed by atoms with Crippen molar-refractivity contribution in [2.75, 3.05) is 6.61 Å². The van der Waals surface area contributed by atoms with E-state index in [9.17, 15) is 5.11 Å². The number of ether oxygens (including phenoxy) is 1. The van der Waals surface area contributed by atoms with Crippen LogP contribution in [0.15, 0.2) is 0 Å². The first kappa shape index (κ1) is 6.33. The van der Waals surface area contributed by atoms with Crippen molar-refractivity contribution < 1.29 is 27.9 Å². The van der Waals surface area contributed by atoms with Gasteiger partial charge in [0.25, 0.3) is 0 Å². The Kier molecular flexibility index (Phi) is 1.99. The first-order valence-corrected chi connectivity index (χ1v) is 3.21. The standard InChI is InChI=1S/C6H12O5/c7-2-3-1-4(8)5(9)6(10)11-3/h3-10H,1-2H2/t3-,4-,5+,6?/m0/s1/i1+1D2. The van der Waals surface area contributed by atoms with Gasteiger partial charge in [0.05, 0.1) is 18.8 Å². The molecule has 0 spiro atoms. The van der Waals surface area contributed by atoms with E-state index in [4.69, 9.17) is 18.1 Å². The number of rotatable bonds is 1. The average molecular weight is 167 g/mol. The summed E-state index contributed by atoms with van der Waals surface area (Å²) in [6.07, 6.45) is -8.74. The molecule has 0 aliphatic carbocycles. The van der Waals surface area contributed by atoms with Crippen LogP contribution in [0.2, 0.25) is 0 Å². The maximum absolute atomic E-state index is 9.20. The van der Waals surface area contributed by atoms with Crippen molar-refractivity contribution >= 4 is 0 Å². The van der Waals surface area contributed by atoms with Crippen LogP contribution in [-0.4, -0.2) is 51.6 Å². The SMILES string of the molecule is [2H][13C]1([2H])[C@H](O)[C@@H](O)C(O)O[C@@H]1CO. The lowest BCUT2D eigenvalue weighted by molar-refractivity contribution is -0.251. The molecule has 0 saturated carbocycles. The van der Waals surface area contributed by atoms with E-state index < -0.39 is 37.6 Å². The summed E-state index contributed by atoms with van der Waals surface area (Å²) in [6, 6.07) is 0. The van der Waals surface area contributed by atoms with Crippen molar-refractivity contribution in [2.45, 2.75) is 31.0 Å². The summed E-state index contributed by atoms with van der Waals surface area (Å²) >= 11 is 0. The van der Waals surface area contributed by atoms with Crippen LogP contribution in [0.5, 0.6) is 0 Å². The van der Waals surface area contributed by atoms with Gasteiger partial charge in [-0.1, -0.05) is 0 Å². The maximum Gasteiger partial charge on any atom is 0.183 e. The molecular weight excluding hydrogens is 153 g/mol. The van der Waals surface area contributed by atoms with Crippen LogP contribution in [0.4, 0.5) is 0 Å². The van der Waals surface area contributed by atoms with E-state index >= 15 is 0 Å². The quantitative estimate of drug-likeness (QED) is 0.333. The Morgan fingerprint density at radius 3 is 2.64 bits per heavy atom. The van der Waals surface area contributed by atoms with Gasteiger partial charge < -0.3 is 25.2 Å². The van der Waals surface area contributed by atoms with Crippen molar-refractivity contribution in [2.24, 2.45) is 0 Å². The van der Waals surface area contributed by atoms with E-state index in [2.05, 4.69) is 4.74 Å². The summed E-state index contributed by atoms with van der Waals surface area (Å²) in [5.74, 6) is 0. The Labute approximate surface area is 66.7 Å².